The van der Waals surface area contributed by atoms with E-state index in [1.54, 1.807) is 30.3 Å². The number of hydrogen-bond donors (Lipinski definition) is 2. The average Bonchev–Trinajstić information content (AvgIpc) is 3.13. The normalized spacial score (nSPS) is 10.8. The highest BCUT2D eigenvalue weighted by atomic mass is 35.5. The van der Waals surface area contributed by atoms with Crippen LogP contribution in [0, 0.1) is 4.91 Å². The Kier molecular flexibility index (Phi) is 4.81. The summed E-state index contributed by atoms with van der Waals surface area (Å²) in [5, 5.41) is 0.974. The van der Waals surface area contributed by atoms with Crippen LogP contribution in [0.4, 0.5) is 5.69 Å². The summed E-state index contributed by atoms with van der Waals surface area (Å²) in [6, 6.07) is 18.3. The lowest BCUT2D eigenvalue weighted by Crippen LogP contribution is -2.08. The molecule has 28 heavy (non-hydrogen) atoms. The predicted octanol–water partition coefficient (Wildman–Crippen LogP) is 5.40. The Balaban J connectivity index is 1.92. The van der Waals surface area contributed by atoms with Crippen LogP contribution in [0.5, 0.6) is 0 Å². The maximum Gasteiger partial charge on any atom is 0.309 e. The molecule has 4 rings (SSSR count). The lowest BCUT2D eigenvalue weighted by Gasteiger charge is -2.03. The van der Waals surface area contributed by atoms with E-state index < -0.39 is 0 Å². The molecule has 0 aliphatic rings. The Hall–Kier alpha value is -3.22. The smallest absolute Gasteiger partial charge is 0.309 e. The van der Waals surface area contributed by atoms with E-state index in [-0.39, 0.29) is 10.6 Å². The molecular weight excluding hydrogens is 397 g/mol. The van der Waals surface area contributed by atoms with Crippen molar-refractivity contribution in [2.24, 2.45) is 5.84 Å². The van der Waals surface area contributed by atoms with Crippen LogP contribution in [-0.4, -0.2) is 19.8 Å². The first-order chi connectivity index (χ1) is 13.5. The molecule has 8 heteroatoms. The molecule has 0 bridgehead atoms. The summed E-state index contributed by atoms with van der Waals surface area (Å²) in [5.74, 6) is 5.75. The summed E-state index contributed by atoms with van der Waals surface area (Å²) in [6.45, 7) is 0. The van der Waals surface area contributed by atoms with Gasteiger partial charge in [0, 0.05) is 11.6 Å². The number of nitrogens with zero attached hydrogens (tertiary/aromatic N) is 3. The standard InChI is InChI=1S/C20H14Cl2N5O/c21-14-7-4-8-15(22)17(14)20-25-18(12-5-2-1-3-6-12)19(26-20)16-10-9-13(11-24-16)27(23)28/h1-11H,(H2,23,28)(H,25,26)/q+1. The number of nitrogens with two attached hydrogens (primary N) is 1. The Morgan fingerprint density at radius 2 is 1.64 bits per heavy atom. The van der Waals surface area contributed by atoms with Gasteiger partial charge in [0.25, 0.3) is 0 Å². The molecule has 0 saturated carbocycles. The van der Waals surface area contributed by atoms with Crippen molar-refractivity contribution in [3.8, 4) is 34.0 Å². The van der Waals surface area contributed by atoms with Gasteiger partial charge in [-0.25, -0.2) is 9.97 Å². The first-order valence-electron chi connectivity index (χ1n) is 8.33. The molecule has 0 atom stereocenters. The van der Waals surface area contributed by atoms with Crippen LogP contribution in [0.3, 0.4) is 0 Å². The van der Waals surface area contributed by atoms with E-state index in [4.69, 9.17) is 34.0 Å². The van der Waals surface area contributed by atoms with Gasteiger partial charge in [-0.3, -0.25) is 0 Å². The topological polar surface area (TPSA) is 87.7 Å². The maximum atomic E-state index is 11.3. The van der Waals surface area contributed by atoms with E-state index in [2.05, 4.69) is 9.97 Å². The van der Waals surface area contributed by atoms with Crippen molar-refractivity contribution < 1.29 is 4.87 Å². The number of hydrogen-bond acceptors (Lipinski definition) is 3. The lowest BCUT2D eigenvalue weighted by atomic mass is 10.1. The molecule has 2 heterocycles. The number of pyridine rings is 1. The Morgan fingerprint density at radius 3 is 2.25 bits per heavy atom. The number of rotatable bonds is 4. The summed E-state index contributed by atoms with van der Waals surface area (Å²) in [4.78, 5) is 23.9. The minimum atomic E-state index is 0.249. The first-order valence-corrected chi connectivity index (χ1v) is 9.08. The van der Waals surface area contributed by atoms with Gasteiger partial charge < -0.3 is 4.98 Å². The highest BCUT2D eigenvalue weighted by Gasteiger charge is 2.20. The van der Waals surface area contributed by atoms with Crippen molar-refractivity contribution >= 4 is 28.9 Å². The van der Waals surface area contributed by atoms with Crippen molar-refractivity contribution in [1.29, 1.82) is 0 Å². The molecular formula is C20H14Cl2N5O+. The van der Waals surface area contributed by atoms with E-state index in [0.717, 1.165) is 5.56 Å². The number of nitrogens with one attached hydrogen (secondary N) is 1. The fourth-order valence-electron chi connectivity index (χ4n) is 2.87. The van der Waals surface area contributed by atoms with Crippen molar-refractivity contribution in [2.75, 3.05) is 0 Å². The minimum Gasteiger partial charge on any atom is -0.336 e. The first kappa shape index (κ1) is 18.2. The Bertz CT molecular complexity index is 1140. The molecule has 0 unspecified atom stereocenters. The second-order valence-electron chi connectivity index (χ2n) is 6.00. The van der Waals surface area contributed by atoms with E-state index in [0.29, 0.717) is 38.5 Å². The maximum absolute atomic E-state index is 11.3. The summed E-state index contributed by atoms with van der Waals surface area (Å²) >= 11 is 12.7. The molecule has 0 saturated heterocycles. The van der Waals surface area contributed by atoms with E-state index in [9.17, 15) is 4.91 Å². The van der Waals surface area contributed by atoms with Crippen LogP contribution >= 0.6 is 23.2 Å². The number of H-pyrrole nitrogens is 1. The van der Waals surface area contributed by atoms with Crippen molar-refractivity contribution in [3.05, 3.63) is 81.8 Å². The van der Waals surface area contributed by atoms with Gasteiger partial charge in [-0.1, -0.05) is 59.6 Å². The van der Waals surface area contributed by atoms with Crippen LogP contribution in [0.25, 0.3) is 34.0 Å². The molecule has 0 aliphatic carbocycles. The molecule has 2 aromatic carbocycles. The minimum absolute atomic E-state index is 0.249. The molecule has 0 amide bonds. The van der Waals surface area contributed by atoms with Crippen molar-refractivity contribution in [2.45, 2.75) is 0 Å². The fraction of sp³-hybridized carbons (Fsp3) is 0. The van der Waals surface area contributed by atoms with Crippen LogP contribution in [-0.2, 0) is 0 Å². The van der Waals surface area contributed by atoms with Gasteiger partial charge in [-0.2, -0.15) is 5.84 Å². The quantitative estimate of drug-likeness (QED) is 0.268. The lowest BCUT2D eigenvalue weighted by molar-refractivity contribution is -0.475. The second kappa shape index (κ2) is 7.42. The zero-order valence-electron chi connectivity index (χ0n) is 14.4. The third kappa shape index (κ3) is 3.35. The van der Waals surface area contributed by atoms with Crippen LogP contribution < -0.4 is 5.84 Å². The van der Waals surface area contributed by atoms with Gasteiger partial charge in [0.1, 0.15) is 12.0 Å². The molecule has 0 aliphatic heterocycles. The van der Waals surface area contributed by atoms with Crippen molar-refractivity contribution in [3.63, 3.8) is 0 Å². The predicted molar refractivity (Wildman–Crippen MR) is 110 cm³/mol. The fourth-order valence-corrected chi connectivity index (χ4v) is 3.45. The van der Waals surface area contributed by atoms with E-state index in [1.165, 1.54) is 6.20 Å². The van der Waals surface area contributed by atoms with Gasteiger partial charge in [-0.05, 0) is 18.2 Å². The highest BCUT2D eigenvalue weighted by molar-refractivity contribution is 6.39. The third-order valence-corrected chi connectivity index (χ3v) is 4.84. The summed E-state index contributed by atoms with van der Waals surface area (Å²) in [5.41, 5.74) is 3.74. The highest BCUT2D eigenvalue weighted by Crippen LogP contribution is 2.37. The third-order valence-electron chi connectivity index (χ3n) is 4.21. The van der Waals surface area contributed by atoms with Gasteiger partial charge in [0.2, 0.25) is 0 Å². The monoisotopic (exact) mass is 410 g/mol. The summed E-state index contributed by atoms with van der Waals surface area (Å²) < 4.78 is 0. The molecule has 6 nitrogen and oxygen atoms in total. The van der Waals surface area contributed by atoms with Crippen LogP contribution in [0.2, 0.25) is 10.0 Å². The zero-order chi connectivity index (χ0) is 19.7. The van der Waals surface area contributed by atoms with Gasteiger partial charge in [-0.15, -0.1) is 0 Å². The number of nitroso groups, excluding NO2 is 1. The molecule has 0 spiro atoms. The number of halogens is 2. The Morgan fingerprint density at radius 1 is 0.929 bits per heavy atom. The van der Waals surface area contributed by atoms with Crippen molar-refractivity contribution in [1.82, 2.24) is 15.0 Å². The number of aromatic nitrogens is 3. The molecule has 4 aromatic rings. The number of aromatic amines is 1. The molecule has 2 aromatic heterocycles. The number of imidazole rings is 1. The summed E-state index contributed by atoms with van der Waals surface area (Å²) in [7, 11) is 0. The SMILES string of the molecule is N[N+](=O)c1ccc(-c2[nH]c(-c3c(Cl)cccc3Cl)nc2-c2ccccc2)nc1. The molecule has 3 N–H and O–H groups in total. The Labute approximate surface area is 170 Å². The number of hydrazine groups is 1. The molecule has 0 radical (unpaired) electrons. The second-order valence-corrected chi connectivity index (χ2v) is 6.81. The van der Waals surface area contributed by atoms with E-state index in [1.807, 2.05) is 30.3 Å². The van der Waals surface area contributed by atoms with E-state index >= 15 is 0 Å². The average molecular weight is 411 g/mol. The van der Waals surface area contributed by atoms with Gasteiger partial charge >= 0.3 is 5.69 Å². The van der Waals surface area contributed by atoms with Gasteiger partial charge in [0.05, 0.1) is 37.6 Å². The largest absolute Gasteiger partial charge is 0.336 e. The summed E-state index contributed by atoms with van der Waals surface area (Å²) in [6.07, 6.45) is 1.40. The number of benzene rings is 2. The molecule has 0 fully saturated rings. The molecule has 138 valence electrons. The van der Waals surface area contributed by atoms with Crippen LogP contribution in [0.1, 0.15) is 0 Å². The van der Waals surface area contributed by atoms with Crippen LogP contribution in [0.15, 0.2) is 66.9 Å². The zero-order valence-corrected chi connectivity index (χ0v) is 15.9. The van der Waals surface area contributed by atoms with Gasteiger partial charge in [0.15, 0.2) is 4.87 Å².